The number of carbonyl (C=O) groups is 1. The average Bonchev–Trinajstić information content (AvgIpc) is 2.92. The highest BCUT2D eigenvalue weighted by molar-refractivity contribution is 7.85. The third kappa shape index (κ3) is 28.8. The zero-order valence-electron chi connectivity index (χ0n) is 25.4. The molecule has 0 radical (unpaired) electrons. The van der Waals surface area contributed by atoms with Gasteiger partial charge in [0.1, 0.15) is 0 Å². The summed E-state index contributed by atoms with van der Waals surface area (Å²) in [4.78, 5) is 12.3. The number of aliphatic hydroxyl groups excluding tert-OH is 1. The molecule has 0 bridgehead atoms. The Morgan fingerprint density at radius 2 is 1.20 bits per heavy atom. The maximum atomic E-state index is 12.3. The molecule has 0 aromatic rings. The van der Waals surface area contributed by atoms with Gasteiger partial charge in [-0.3, -0.25) is 9.35 Å². The van der Waals surface area contributed by atoms with Gasteiger partial charge in [0, 0.05) is 6.42 Å². The zero-order chi connectivity index (χ0) is 30.4. The number of unbranched alkanes of at least 4 members (excludes halogenated alkanes) is 6. The van der Waals surface area contributed by atoms with Gasteiger partial charge >= 0.3 is 0 Å². The Balaban J connectivity index is 4.36. The number of amides is 1. The molecule has 0 heterocycles. The van der Waals surface area contributed by atoms with Crippen LogP contribution in [0.15, 0.2) is 85.1 Å². The summed E-state index contributed by atoms with van der Waals surface area (Å²) in [6, 6.07) is -1.13. The summed E-state index contributed by atoms with van der Waals surface area (Å²) in [5.74, 6) is -1.18. The second-order valence-electron chi connectivity index (χ2n) is 10.0. The topological polar surface area (TPSA) is 104 Å². The van der Waals surface area contributed by atoms with E-state index in [9.17, 15) is 22.9 Å². The van der Waals surface area contributed by atoms with Gasteiger partial charge in [0.25, 0.3) is 10.1 Å². The van der Waals surface area contributed by atoms with E-state index in [0.29, 0.717) is 12.8 Å². The number of hydrogen-bond acceptors (Lipinski definition) is 4. The molecule has 0 saturated carbocycles. The number of nitrogens with one attached hydrogen (secondary N) is 1. The highest BCUT2D eigenvalue weighted by Crippen LogP contribution is 2.07. The maximum absolute atomic E-state index is 12.3. The van der Waals surface area contributed by atoms with Crippen molar-refractivity contribution in [2.75, 3.05) is 5.75 Å². The molecule has 6 nitrogen and oxygen atoms in total. The highest BCUT2D eigenvalue weighted by atomic mass is 32.2. The molecule has 41 heavy (non-hydrogen) atoms. The van der Waals surface area contributed by atoms with Crippen molar-refractivity contribution >= 4 is 16.0 Å². The SMILES string of the molecule is CC/C=C\C/C=C\C/C=C\C/C=C\C/C=C\CC(=O)NC(CS(=O)(=O)O)C(O)/C=C/CC/C=C/CCCCCCC. The second kappa shape index (κ2) is 27.7. The molecule has 0 aromatic carbocycles. The number of allylic oxidation sites excluding steroid dienone is 12. The summed E-state index contributed by atoms with van der Waals surface area (Å²) in [6.07, 6.45) is 40.2. The number of aliphatic hydroxyl groups is 1. The van der Waals surface area contributed by atoms with Crippen LogP contribution in [0.1, 0.15) is 104 Å². The quantitative estimate of drug-likeness (QED) is 0.0567. The van der Waals surface area contributed by atoms with Crippen LogP contribution in [0.25, 0.3) is 0 Å². The van der Waals surface area contributed by atoms with Gasteiger partial charge in [0.15, 0.2) is 0 Å². The van der Waals surface area contributed by atoms with Gasteiger partial charge in [0.05, 0.1) is 17.9 Å². The Hall–Kier alpha value is -2.48. The zero-order valence-corrected chi connectivity index (χ0v) is 26.2. The Bertz CT molecular complexity index is 958. The van der Waals surface area contributed by atoms with Gasteiger partial charge in [-0.1, -0.05) is 125 Å². The first-order chi connectivity index (χ1) is 19.8. The van der Waals surface area contributed by atoms with Crippen LogP contribution in [0.5, 0.6) is 0 Å². The Morgan fingerprint density at radius 3 is 1.76 bits per heavy atom. The van der Waals surface area contributed by atoms with E-state index in [4.69, 9.17) is 0 Å². The van der Waals surface area contributed by atoms with E-state index in [2.05, 4.69) is 73.8 Å². The minimum atomic E-state index is -4.38. The van der Waals surface area contributed by atoms with Crippen molar-refractivity contribution in [2.24, 2.45) is 0 Å². The van der Waals surface area contributed by atoms with Crippen molar-refractivity contribution < 1.29 is 22.9 Å². The lowest BCUT2D eigenvalue weighted by Crippen LogP contribution is -2.46. The number of hydrogen-bond donors (Lipinski definition) is 3. The largest absolute Gasteiger partial charge is 0.387 e. The van der Waals surface area contributed by atoms with Crippen LogP contribution in [0.4, 0.5) is 0 Å². The minimum Gasteiger partial charge on any atom is -0.387 e. The van der Waals surface area contributed by atoms with E-state index in [1.165, 1.54) is 38.2 Å². The molecule has 2 atom stereocenters. The summed E-state index contributed by atoms with van der Waals surface area (Å²) in [6.45, 7) is 4.33. The molecule has 3 N–H and O–H groups in total. The van der Waals surface area contributed by atoms with Gasteiger partial charge in [-0.05, 0) is 57.8 Å². The lowest BCUT2D eigenvalue weighted by Gasteiger charge is -2.20. The molecule has 0 fully saturated rings. The minimum absolute atomic E-state index is 0.0508. The van der Waals surface area contributed by atoms with Gasteiger partial charge in [-0.25, -0.2) is 0 Å². The molecule has 232 valence electrons. The summed E-state index contributed by atoms with van der Waals surface area (Å²) in [5, 5.41) is 13.0. The van der Waals surface area contributed by atoms with Crippen LogP contribution in [0, 0.1) is 0 Å². The summed E-state index contributed by atoms with van der Waals surface area (Å²) in [5.41, 5.74) is 0. The van der Waals surface area contributed by atoms with E-state index < -0.39 is 33.9 Å². The van der Waals surface area contributed by atoms with Crippen LogP contribution < -0.4 is 5.32 Å². The second-order valence-corrected chi connectivity index (χ2v) is 11.5. The van der Waals surface area contributed by atoms with E-state index in [1.54, 1.807) is 12.2 Å². The molecule has 7 heteroatoms. The molecule has 0 aliphatic heterocycles. The standard InChI is InChI=1S/C34H55NO5S/c1-3-5-7-9-11-13-15-16-17-18-20-22-24-26-28-30-34(37)35-32(31-41(38,39)40)33(36)29-27-25-23-21-19-14-12-10-8-6-4-2/h5,7,11,13,16-17,19-22,26-29,32-33,36H,3-4,6,8-10,12,14-15,18,23-25,30-31H2,1-2H3,(H,35,37)(H,38,39,40)/b7-5-,13-11-,17-16-,21-19+,22-20-,28-26-,29-27+. The molecule has 0 aromatic heterocycles. The van der Waals surface area contributed by atoms with E-state index in [1.807, 2.05) is 12.2 Å². The smallest absolute Gasteiger partial charge is 0.267 e. The lowest BCUT2D eigenvalue weighted by molar-refractivity contribution is -0.121. The molecule has 1 amide bonds. The maximum Gasteiger partial charge on any atom is 0.267 e. The summed E-state index contributed by atoms with van der Waals surface area (Å²) < 4.78 is 32.1. The van der Waals surface area contributed by atoms with Crippen LogP contribution in [0.2, 0.25) is 0 Å². The van der Waals surface area contributed by atoms with Crippen LogP contribution in [-0.2, 0) is 14.9 Å². The van der Waals surface area contributed by atoms with Crippen LogP contribution in [-0.4, -0.2) is 41.9 Å². The molecular formula is C34H55NO5S. The van der Waals surface area contributed by atoms with Crippen molar-refractivity contribution in [3.05, 3.63) is 85.1 Å². The lowest BCUT2D eigenvalue weighted by atomic mass is 10.1. The van der Waals surface area contributed by atoms with E-state index in [-0.39, 0.29) is 6.42 Å². The monoisotopic (exact) mass is 589 g/mol. The van der Waals surface area contributed by atoms with Gasteiger partial charge in [-0.15, -0.1) is 0 Å². The van der Waals surface area contributed by atoms with Crippen molar-refractivity contribution in [2.45, 2.75) is 116 Å². The number of carbonyl (C=O) groups excluding carboxylic acids is 1. The van der Waals surface area contributed by atoms with Gasteiger partial charge < -0.3 is 10.4 Å². The van der Waals surface area contributed by atoms with Crippen molar-refractivity contribution in [3.8, 4) is 0 Å². The van der Waals surface area contributed by atoms with Crippen molar-refractivity contribution in [3.63, 3.8) is 0 Å². The molecular weight excluding hydrogens is 534 g/mol. The predicted molar refractivity (Wildman–Crippen MR) is 174 cm³/mol. The fraction of sp³-hybridized carbons (Fsp3) is 0.559. The fourth-order valence-corrected chi connectivity index (χ4v) is 4.56. The molecule has 0 spiro atoms. The molecule has 2 unspecified atom stereocenters. The first kappa shape index (κ1) is 38.5. The van der Waals surface area contributed by atoms with Crippen LogP contribution >= 0.6 is 0 Å². The first-order valence-corrected chi connectivity index (χ1v) is 16.9. The van der Waals surface area contributed by atoms with E-state index >= 15 is 0 Å². The molecule has 0 aliphatic carbocycles. The molecule has 0 aliphatic rings. The molecule has 0 saturated heterocycles. The third-order valence-electron chi connectivity index (χ3n) is 6.08. The Labute approximate surface area is 250 Å². The Morgan fingerprint density at radius 1 is 0.683 bits per heavy atom. The summed E-state index contributed by atoms with van der Waals surface area (Å²) in [7, 11) is -4.38. The van der Waals surface area contributed by atoms with Crippen LogP contribution in [0.3, 0.4) is 0 Å². The predicted octanol–water partition coefficient (Wildman–Crippen LogP) is 8.11. The van der Waals surface area contributed by atoms with Crippen molar-refractivity contribution in [1.82, 2.24) is 5.32 Å². The molecule has 0 rings (SSSR count). The van der Waals surface area contributed by atoms with Crippen molar-refractivity contribution in [1.29, 1.82) is 0 Å². The summed E-state index contributed by atoms with van der Waals surface area (Å²) >= 11 is 0. The average molecular weight is 590 g/mol. The Kier molecular flexibility index (Phi) is 26.0. The van der Waals surface area contributed by atoms with Gasteiger partial charge in [-0.2, -0.15) is 8.42 Å². The van der Waals surface area contributed by atoms with Gasteiger partial charge in [0.2, 0.25) is 5.91 Å². The number of rotatable bonds is 25. The normalized spacial score (nSPS) is 14.7. The fourth-order valence-electron chi connectivity index (χ4n) is 3.82. The van der Waals surface area contributed by atoms with E-state index in [0.717, 1.165) is 38.5 Å². The third-order valence-corrected chi connectivity index (χ3v) is 6.86. The first-order valence-electron chi connectivity index (χ1n) is 15.3. The highest BCUT2D eigenvalue weighted by Gasteiger charge is 2.24.